The molecule has 0 unspecified atom stereocenters. The minimum atomic E-state index is -0.867. The molecular weight excluding hydrogens is 286 g/mol. The van der Waals surface area contributed by atoms with Crippen molar-refractivity contribution in [3.63, 3.8) is 0 Å². The van der Waals surface area contributed by atoms with Crippen LogP contribution in [0.2, 0.25) is 0 Å². The lowest BCUT2D eigenvalue weighted by molar-refractivity contribution is -0.386. The average molecular weight is 296 g/mol. The maximum absolute atomic E-state index is 13.1. The zero-order valence-corrected chi connectivity index (χ0v) is 10.8. The van der Waals surface area contributed by atoms with Crippen molar-refractivity contribution in [3.05, 3.63) is 46.1 Å². The van der Waals surface area contributed by atoms with Crippen LogP contribution in [-0.2, 0) is 0 Å². The summed E-state index contributed by atoms with van der Waals surface area (Å²) in [5.74, 6) is -2.27. The van der Waals surface area contributed by atoms with Gasteiger partial charge in [0.25, 0.3) is 0 Å². The predicted molar refractivity (Wildman–Crippen MR) is 69.3 cm³/mol. The van der Waals surface area contributed by atoms with Crippen molar-refractivity contribution >= 4 is 11.6 Å². The number of rotatable bonds is 5. The molecule has 0 saturated heterocycles. The van der Waals surface area contributed by atoms with Gasteiger partial charge in [-0.3, -0.25) is 10.1 Å². The largest absolute Gasteiger partial charge is 0.433 e. The van der Waals surface area contributed by atoms with Crippen LogP contribution in [0.4, 0.5) is 20.4 Å². The van der Waals surface area contributed by atoms with E-state index in [9.17, 15) is 18.9 Å². The third-order valence-electron chi connectivity index (χ3n) is 2.32. The molecule has 2 aromatic rings. The number of aromatic nitrogens is 2. The van der Waals surface area contributed by atoms with Gasteiger partial charge >= 0.3 is 11.6 Å². The summed E-state index contributed by atoms with van der Waals surface area (Å²) in [6, 6.07) is 2.44. The maximum atomic E-state index is 13.1. The SMILES string of the molecule is CCNc1ncc([N+](=O)[O-])c(Oc2cc(F)cc(F)c2)n1. The minimum absolute atomic E-state index is 0.106. The van der Waals surface area contributed by atoms with Crippen molar-refractivity contribution in [2.24, 2.45) is 0 Å². The van der Waals surface area contributed by atoms with Gasteiger partial charge < -0.3 is 10.1 Å². The molecule has 0 bridgehead atoms. The molecule has 1 aromatic heterocycles. The molecule has 0 aliphatic carbocycles. The monoisotopic (exact) mass is 296 g/mol. The average Bonchev–Trinajstić information content (AvgIpc) is 2.37. The summed E-state index contributed by atoms with van der Waals surface area (Å²) < 4.78 is 31.3. The number of hydrogen-bond donors (Lipinski definition) is 1. The maximum Gasteiger partial charge on any atom is 0.349 e. The highest BCUT2D eigenvalue weighted by Gasteiger charge is 2.20. The summed E-state index contributed by atoms with van der Waals surface area (Å²) in [7, 11) is 0. The Kier molecular flexibility index (Phi) is 4.21. The molecule has 0 radical (unpaired) electrons. The molecule has 7 nitrogen and oxygen atoms in total. The van der Waals surface area contributed by atoms with E-state index in [1.807, 2.05) is 0 Å². The molecule has 0 atom stereocenters. The van der Waals surface area contributed by atoms with Gasteiger partial charge in [0, 0.05) is 24.7 Å². The molecule has 1 aromatic carbocycles. The van der Waals surface area contributed by atoms with E-state index in [4.69, 9.17) is 4.74 Å². The van der Waals surface area contributed by atoms with Crippen molar-refractivity contribution in [3.8, 4) is 11.6 Å². The molecule has 1 heterocycles. The van der Waals surface area contributed by atoms with E-state index in [0.29, 0.717) is 12.6 Å². The summed E-state index contributed by atoms with van der Waals surface area (Å²) >= 11 is 0. The number of hydrogen-bond acceptors (Lipinski definition) is 6. The fourth-order valence-corrected chi connectivity index (χ4v) is 1.50. The van der Waals surface area contributed by atoms with Crippen LogP contribution in [0.5, 0.6) is 11.6 Å². The zero-order chi connectivity index (χ0) is 15.4. The van der Waals surface area contributed by atoms with E-state index in [-0.39, 0.29) is 11.7 Å². The molecule has 0 fully saturated rings. The van der Waals surface area contributed by atoms with Gasteiger partial charge in [0.05, 0.1) is 4.92 Å². The molecule has 110 valence electrons. The normalized spacial score (nSPS) is 10.2. The highest BCUT2D eigenvalue weighted by molar-refractivity contribution is 5.45. The van der Waals surface area contributed by atoms with Crippen LogP contribution < -0.4 is 10.1 Å². The number of halogens is 2. The number of nitrogens with one attached hydrogen (secondary N) is 1. The molecule has 9 heteroatoms. The van der Waals surface area contributed by atoms with Crippen molar-refractivity contribution < 1.29 is 18.4 Å². The molecule has 1 N–H and O–H groups in total. The van der Waals surface area contributed by atoms with Gasteiger partial charge in [-0.1, -0.05) is 0 Å². The third kappa shape index (κ3) is 3.59. The van der Waals surface area contributed by atoms with Crippen molar-refractivity contribution in [2.45, 2.75) is 6.92 Å². The highest BCUT2D eigenvalue weighted by atomic mass is 19.1. The first-order valence-electron chi connectivity index (χ1n) is 5.89. The summed E-state index contributed by atoms with van der Waals surface area (Å²) in [6.45, 7) is 2.28. The Balaban J connectivity index is 2.40. The second-order valence-corrected chi connectivity index (χ2v) is 3.88. The molecule has 0 amide bonds. The van der Waals surface area contributed by atoms with Crippen LogP contribution in [0.1, 0.15) is 6.92 Å². The first kappa shape index (κ1) is 14.6. The lowest BCUT2D eigenvalue weighted by atomic mass is 10.3. The lowest BCUT2D eigenvalue weighted by Crippen LogP contribution is -2.05. The van der Waals surface area contributed by atoms with Gasteiger partial charge in [-0.25, -0.2) is 13.8 Å². The Labute approximate surface area is 117 Å². The molecule has 2 rings (SSSR count). The van der Waals surface area contributed by atoms with Crippen molar-refractivity contribution in [2.75, 3.05) is 11.9 Å². The van der Waals surface area contributed by atoms with Gasteiger partial charge in [0.1, 0.15) is 23.6 Å². The fraction of sp³-hybridized carbons (Fsp3) is 0.167. The van der Waals surface area contributed by atoms with Crippen LogP contribution in [0.25, 0.3) is 0 Å². The predicted octanol–water partition coefficient (Wildman–Crippen LogP) is 2.89. The van der Waals surface area contributed by atoms with E-state index in [0.717, 1.165) is 18.3 Å². The van der Waals surface area contributed by atoms with E-state index >= 15 is 0 Å². The van der Waals surface area contributed by atoms with E-state index < -0.39 is 28.1 Å². The van der Waals surface area contributed by atoms with Crippen LogP contribution in [-0.4, -0.2) is 21.4 Å². The van der Waals surface area contributed by atoms with E-state index in [1.165, 1.54) is 0 Å². The van der Waals surface area contributed by atoms with Crippen molar-refractivity contribution in [1.29, 1.82) is 0 Å². The second kappa shape index (κ2) is 6.07. The fourth-order valence-electron chi connectivity index (χ4n) is 1.50. The van der Waals surface area contributed by atoms with Crippen LogP contribution >= 0.6 is 0 Å². The smallest absolute Gasteiger partial charge is 0.349 e. The molecule has 0 aliphatic heterocycles. The zero-order valence-electron chi connectivity index (χ0n) is 10.8. The van der Waals surface area contributed by atoms with E-state index in [2.05, 4.69) is 15.3 Å². The Hall–Kier alpha value is -2.84. The molecule has 0 aliphatic rings. The van der Waals surface area contributed by atoms with Gasteiger partial charge in [0.2, 0.25) is 5.95 Å². The molecular formula is C12H10F2N4O3. The number of anilines is 1. The molecule has 0 spiro atoms. The Morgan fingerprint density at radius 3 is 2.57 bits per heavy atom. The summed E-state index contributed by atoms with van der Waals surface area (Å²) in [4.78, 5) is 17.7. The van der Waals surface area contributed by atoms with Gasteiger partial charge in [-0.15, -0.1) is 0 Å². The number of ether oxygens (including phenoxy) is 1. The summed E-state index contributed by atoms with van der Waals surface area (Å²) in [6.07, 6.45) is 0.954. The number of nitro groups is 1. The summed E-state index contributed by atoms with van der Waals surface area (Å²) in [5.41, 5.74) is -0.513. The van der Waals surface area contributed by atoms with Crippen LogP contribution in [0.15, 0.2) is 24.4 Å². The number of benzene rings is 1. The van der Waals surface area contributed by atoms with Crippen molar-refractivity contribution in [1.82, 2.24) is 9.97 Å². The minimum Gasteiger partial charge on any atom is -0.433 e. The number of nitrogens with zero attached hydrogens (tertiary/aromatic N) is 3. The standard InChI is InChI=1S/C12H10F2N4O3/c1-2-15-12-16-6-10(18(19)20)11(17-12)21-9-4-7(13)3-8(14)5-9/h3-6H,2H2,1H3,(H,15,16,17). The Morgan fingerprint density at radius 2 is 2.00 bits per heavy atom. The first-order valence-corrected chi connectivity index (χ1v) is 5.89. The Morgan fingerprint density at radius 1 is 1.33 bits per heavy atom. The summed E-state index contributed by atoms with van der Waals surface area (Å²) in [5, 5.41) is 13.6. The van der Waals surface area contributed by atoms with Crippen LogP contribution in [0.3, 0.4) is 0 Å². The highest BCUT2D eigenvalue weighted by Crippen LogP contribution is 2.30. The van der Waals surface area contributed by atoms with Crippen LogP contribution in [0, 0.1) is 21.7 Å². The Bertz CT molecular complexity index is 661. The molecule has 21 heavy (non-hydrogen) atoms. The molecule has 0 saturated carbocycles. The lowest BCUT2D eigenvalue weighted by Gasteiger charge is -2.07. The van der Waals surface area contributed by atoms with Gasteiger partial charge in [-0.05, 0) is 6.92 Å². The third-order valence-corrected chi connectivity index (χ3v) is 2.32. The quantitative estimate of drug-likeness (QED) is 0.674. The van der Waals surface area contributed by atoms with Gasteiger partial charge in [-0.2, -0.15) is 4.98 Å². The first-order chi connectivity index (χ1) is 9.99. The van der Waals surface area contributed by atoms with Gasteiger partial charge in [0.15, 0.2) is 0 Å². The topological polar surface area (TPSA) is 90.2 Å². The second-order valence-electron chi connectivity index (χ2n) is 3.88. The van der Waals surface area contributed by atoms with E-state index in [1.54, 1.807) is 6.92 Å².